The summed E-state index contributed by atoms with van der Waals surface area (Å²) in [6.07, 6.45) is -0.267. The molecule has 6 heteroatoms. The molecule has 110 valence electrons. The Kier molecular flexibility index (Phi) is 5.79. The van der Waals surface area contributed by atoms with Gasteiger partial charge in [0.15, 0.2) is 0 Å². The number of carbonyl (C=O) groups excluding carboxylic acids is 1. The first-order chi connectivity index (χ1) is 9.72. The van der Waals surface area contributed by atoms with Crippen molar-refractivity contribution in [3.8, 4) is 0 Å². The second kappa shape index (κ2) is 7.59. The van der Waals surface area contributed by atoms with Gasteiger partial charge in [0.05, 0.1) is 13.2 Å². The molecule has 1 saturated heterocycles. The van der Waals surface area contributed by atoms with Gasteiger partial charge >= 0.3 is 0 Å². The van der Waals surface area contributed by atoms with Crippen molar-refractivity contribution in [3.05, 3.63) is 34.9 Å². The topological polar surface area (TPSA) is 59.6 Å². The standard InChI is InChI=1S/C14H19ClN2O3/c1-19-13(10-4-2-3-5-11(10)15)8-17-14(18)12-9-20-7-6-16-12/h2-5,12-13,16H,6-9H2,1H3,(H,17,18)/t12-,13-/m1/s1. The van der Waals surface area contributed by atoms with E-state index in [1.807, 2.05) is 18.2 Å². The molecule has 1 aromatic carbocycles. The first-order valence-electron chi connectivity index (χ1n) is 6.58. The van der Waals surface area contributed by atoms with Crippen LogP contribution >= 0.6 is 11.6 Å². The normalized spacial score (nSPS) is 20.4. The van der Waals surface area contributed by atoms with Crippen molar-refractivity contribution in [2.75, 3.05) is 33.4 Å². The maximum atomic E-state index is 12.0. The van der Waals surface area contributed by atoms with Crippen LogP contribution in [0.2, 0.25) is 5.02 Å². The SMILES string of the molecule is CO[C@H](CNC(=O)[C@H]1COCCN1)c1ccccc1Cl. The van der Waals surface area contributed by atoms with Crippen molar-refractivity contribution < 1.29 is 14.3 Å². The zero-order valence-electron chi connectivity index (χ0n) is 11.4. The van der Waals surface area contributed by atoms with Crippen LogP contribution in [0.15, 0.2) is 24.3 Å². The summed E-state index contributed by atoms with van der Waals surface area (Å²) in [7, 11) is 1.60. The summed E-state index contributed by atoms with van der Waals surface area (Å²) in [4.78, 5) is 12.0. The van der Waals surface area contributed by atoms with Gasteiger partial charge in [-0.25, -0.2) is 0 Å². The molecule has 2 atom stereocenters. The lowest BCUT2D eigenvalue weighted by Gasteiger charge is -2.24. The molecule has 1 aliphatic heterocycles. The second-order valence-electron chi connectivity index (χ2n) is 4.57. The number of carbonyl (C=O) groups is 1. The number of hydrogen-bond acceptors (Lipinski definition) is 4. The fraction of sp³-hybridized carbons (Fsp3) is 0.500. The highest BCUT2D eigenvalue weighted by atomic mass is 35.5. The van der Waals surface area contributed by atoms with Crippen LogP contribution in [-0.4, -0.2) is 45.4 Å². The third-order valence-corrected chi connectivity index (χ3v) is 3.58. The number of morpholine rings is 1. The van der Waals surface area contributed by atoms with E-state index in [-0.39, 0.29) is 18.1 Å². The highest BCUT2D eigenvalue weighted by Gasteiger charge is 2.22. The van der Waals surface area contributed by atoms with Crippen LogP contribution in [0.25, 0.3) is 0 Å². The van der Waals surface area contributed by atoms with E-state index in [1.54, 1.807) is 13.2 Å². The van der Waals surface area contributed by atoms with E-state index in [2.05, 4.69) is 10.6 Å². The Morgan fingerprint density at radius 1 is 1.60 bits per heavy atom. The number of hydrogen-bond donors (Lipinski definition) is 2. The predicted octanol–water partition coefficient (Wildman–Crippen LogP) is 1.13. The van der Waals surface area contributed by atoms with Crippen molar-refractivity contribution in [2.45, 2.75) is 12.1 Å². The van der Waals surface area contributed by atoms with Crippen molar-refractivity contribution in [1.82, 2.24) is 10.6 Å². The molecule has 0 aliphatic carbocycles. The van der Waals surface area contributed by atoms with Gasteiger partial charge in [0.25, 0.3) is 0 Å². The van der Waals surface area contributed by atoms with Crippen LogP contribution in [0.4, 0.5) is 0 Å². The van der Waals surface area contributed by atoms with E-state index in [4.69, 9.17) is 21.1 Å². The lowest BCUT2D eigenvalue weighted by atomic mass is 10.1. The lowest BCUT2D eigenvalue weighted by molar-refractivity contribution is -0.126. The summed E-state index contributed by atoms with van der Waals surface area (Å²) in [5.41, 5.74) is 0.866. The van der Waals surface area contributed by atoms with Gasteiger partial charge in [-0.05, 0) is 6.07 Å². The fourth-order valence-corrected chi connectivity index (χ4v) is 2.36. The molecule has 2 N–H and O–H groups in total. The minimum atomic E-state index is -0.299. The molecule has 1 fully saturated rings. The van der Waals surface area contributed by atoms with Gasteiger partial charge in [-0.2, -0.15) is 0 Å². The average Bonchev–Trinajstić information content (AvgIpc) is 2.50. The largest absolute Gasteiger partial charge is 0.378 e. The monoisotopic (exact) mass is 298 g/mol. The molecule has 1 aromatic rings. The van der Waals surface area contributed by atoms with Gasteiger partial charge in [0.1, 0.15) is 12.1 Å². The summed E-state index contributed by atoms with van der Waals surface area (Å²) in [6.45, 7) is 2.10. The van der Waals surface area contributed by atoms with Crippen molar-refractivity contribution in [1.29, 1.82) is 0 Å². The smallest absolute Gasteiger partial charge is 0.239 e. The van der Waals surface area contributed by atoms with Crippen LogP contribution in [0.3, 0.4) is 0 Å². The van der Waals surface area contributed by atoms with E-state index >= 15 is 0 Å². The lowest BCUT2D eigenvalue weighted by Crippen LogP contribution is -2.51. The zero-order chi connectivity index (χ0) is 14.4. The fourth-order valence-electron chi connectivity index (χ4n) is 2.11. The first-order valence-corrected chi connectivity index (χ1v) is 6.96. The van der Waals surface area contributed by atoms with Crippen molar-refractivity contribution in [3.63, 3.8) is 0 Å². The molecule has 0 aromatic heterocycles. The van der Waals surface area contributed by atoms with E-state index in [0.717, 1.165) is 5.56 Å². The van der Waals surface area contributed by atoms with Crippen LogP contribution in [0, 0.1) is 0 Å². The van der Waals surface area contributed by atoms with E-state index in [9.17, 15) is 4.79 Å². The van der Waals surface area contributed by atoms with Gasteiger partial charge in [0, 0.05) is 30.8 Å². The Balaban J connectivity index is 1.90. The number of halogens is 1. The highest BCUT2D eigenvalue weighted by Crippen LogP contribution is 2.24. The molecule has 0 spiro atoms. The molecule has 5 nitrogen and oxygen atoms in total. The van der Waals surface area contributed by atoms with Gasteiger partial charge < -0.3 is 20.1 Å². The number of benzene rings is 1. The highest BCUT2D eigenvalue weighted by molar-refractivity contribution is 6.31. The van der Waals surface area contributed by atoms with Crippen molar-refractivity contribution in [2.24, 2.45) is 0 Å². The average molecular weight is 299 g/mol. The zero-order valence-corrected chi connectivity index (χ0v) is 12.2. The predicted molar refractivity (Wildman–Crippen MR) is 76.8 cm³/mol. The molecule has 0 bridgehead atoms. The number of nitrogens with one attached hydrogen (secondary N) is 2. The Morgan fingerprint density at radius 2 is 2.40 bits per heavy atom. The minimum absolute atomic E-state index is 0.0844. The molecule has 0 saturated carbocycles. The summed E-state index contributed by atoms with van der Waals surface area (Å²) in [5.74, 6) is -0.0844. The summed E-state index contributed by atoms with van der Waals surface area (Å²) >= 11 is 6.14. The summed E-state index contributed by atoms with van der Waals surface area (Å²) < 4.78 is 10.7. The van der Waals surface area contributed by atoms with Crippen LogP contribution in [0.1, 0.15) is 11.7 Å². The first kappa shape index (κ1) is 15.3. The van der Waals surface area contributed by atoms with Gasteiger partial charge in [-0.1, -0.05) is 29.8 Å². The second-order valence-corrected chi connectivity index (χ2v) is 4.98. The van der Waals surface area contributed by atoms with Crippen LogP contribution in [-0.2, 0) is 14.3 Å². The van der Waals surface area contributed by atoms with E-state index in [0.29, 0.717) is 31.3 Å². The van der Waals surface area contributed by atoms with Gasteiger partial charge in [-0.3, -0.25) is 4.79 Å². The number of rotatable bonds is 5. The Bertz CT molecular complexity index is 450. The Morgan fingerprint density at radius 3 is 3.05 bits per heavy atom. The van der Waals surface area contributed by atoms with Crippen LogP contribution < -0.4 is 10.6 Å². The third-order valence-electron chi connectivity index (χ3n) is 3.24. The van der Waals surface area contributed by atoms with Gasteiger partial charge in [0.2, 0.25) is 5.91 Å². The van der Waals surface area contributed by atoms with Gasteiger partial charge in [-0.15, -0.1) is 0 Å². The quantitative estimate of drug-likeness (QED) is 0.856. The van der Waals surface area contributed by atoms with Crippen molar-refractivity contribution >= 4 is 17.5 Å². The van der Waals surface area contributed by atoms with Crippen LogP contribution in [0.5, 0.6) is 0 Å². The molecule has 1 heterocycles. The Labute approximate surface area is 123 Å². The molecular formula is C14H19ClN2O3. The molecule has 2 rings (SSSR count). The Hall–Kier alpha value is -1.14. The molecule has 1 amide bonds. The summed E-state index contributed by atoms with van der Waals surface area (Å²) in [5, 5.41) is 6.60. The number of amides is 1. The number of ether oxygens (including phenoxy) is 2. The maximum absolute atomic E-state index is 12.0. The summed E-state index contributed by atoms with van der Waals surface area (Å²) in [6, 6.07) is 7.16. The molecule has 1 aliphatic rings. The number of methoxy groups -OCH3 is 1. The molecule has 20 heavy (non-hydrogen) atoms. The maximum Gasteiger partial charge on any atom is 0.239 e. The van der Waals surface area contributed by atoms with E-state index in [1.165, 1.54) is 0 Å². The minimum Gasteiger partial charge on any atom is -0.378 e. The third kappa shape index (κ3) is 3.93. The van der Waals surface area contributed by atoms with E-state index < -0.39 is 0 Å². The molecular weight excluding hydrogens is 280 g/mol. The molecule has 0 radical (unpaired) electrons. The molecule has 0 unspecified atom stereocenters.